The number of ether oxygens (including phenoxy) is 2. The molecule has 3 aromatic rings. The normalized spacial score (nSPS) is 15.5. The molecule has 3 heterocycles. The summed E-state index contributed by atoms with van der Waals surface area (Å²) in [6.45, 7) is 0.202. The van der Waals surface area contributed by atoms with E-state index in [1.165, 1.54) is 18.3 Å². The van der Waals surface area contributed by atoms with Crippen molar-refractivity contribution in [1.29, 1.82) is 0 Å². The van der Waals surface area contributed by atoms with Gasteiger partial charge in [-0.3, -0.25) is 4.79 Å². The number of rotatable bonds is 6. The van der Waals surface area contributed by atoms with E-state index in [1.54, 1.807) is 17.5 Å². The van der Waals surface area contributed by atoms with Crippen LogP contribution in [0.15, 0.2) is 48.0 Å². The first-order valence-electron chi connectivity index (χ1n) is 9.14. The molecule has 1 aromatic carbocycles. The van der Waals surface area contributed by atoms with Crippen LogP contribution in [-0.2, 0) is 6.54 Å². The Morgan fingerprint density at radius 1 is 1.03 bits per heavy atom. The minimum atomic E-state index is -4.87. The van der Waals surface area contributed by atoms with Gasteiger partial charge in [-0.05, 0) is 41.3 Å². The molecule has 0 aliphatic carbocycles. The first-order valence-corrected chi connectivity index (χ1v) is 10.0. The zero-order chi connectivity index (χ0) is 23.8. The molecule has 13 heteroatoms. The van der Waals surface area contributed by atoms with Crippen LogP contribution in [0.3, 0.4) is 0 Å². The number of halogens is 4. The van der Waals surface area contributed by atoms with Crippen LogP contribution in [0.1, 0.15) is 25.7 Å². The van der Waals surface area contributed by atoms with Crippen LogP contribution < -0.4 is 20.1 Å². The van der Waals surface area contributed by atoms with Crippen molar-refractivity contribution in [1.82, 2.24) is 4.98 Å². The molecule has 1 amide bonds. The molecule has 0 unspecified atom stereocenters. The van der Waals surface area contributed by atoms with Gasteiger partial charge in [0.1, 0.15) is 10.6 Å². The molecule has 172 valence electrons. The van der Waals surface area contributed by atoms with E-state index >= 15 is 0 Å². The molecule has 0 saturated heterocycles. The lowest BCUT2D eigenvalue weighted by molar-refractivity contribution is -0.391. The van der Waals surface area contributed by atoms with Crippen LogP contribution in [-0.4, -0.2) is 34.2 Å². The van der Waals surface area contributed by atoms with E-state index in [0.717, 1.165) is 23.5 Å². The maximum absolute atomic E-state index is 13.4. The van der Waals surface area contributed by atoms with E-state index < -0.39 is 35.6 Å². The molecule has 0 atom stereocenters. The summed E-state index contributed by atoms with van der Waals surface area (Å²) in [4.78, 5) is 27.7. The van der Waals surface area contributed by atoms with Gasteiger partial charge in [0.2, 0.25) is 0 Å². The number of anilines is 2. The van der Waals surface area contributed by atoms with Gasteiger partial charge in [-0.1, -0.05) is 0 Å². The van der Waals surface area contributed by atoms with E-state index in [2.05, 4.69) is 25.1 Å². The number of carbonyl (C=O) groups excluding carboxylic acids is 1. The summed E-state index contributed by atoms with van der Waals surface area (Å²) in [5.41, 5.74) is 0.946. The van der Waals surface area contributed by atoms with Gasteiger partial charge in [0.15, 0.2) is 11.5 Å². The molecule has 0 radical (unpaired) electrons. The highest BCUT2D eigenvalue weighted by Crippen LogP contribution is 2.47. The number of aromatic nitrogens is 1. The third kappa shape index (κ3) is 4.53. The Labute approximate surface area is 186 Å². The highest BCUT2D eigenvalue weighted by atomic mass is 32.1. The molecule has 3 N–H and O–H groups in total. The first kappa shape index (κ1) is 22.3. The maximum Gasteiger partial charge on any atom is 0.507 e. The van der Waals surface area contributed by atoms with Gasteiger partial charge in [0, 0.05) is 24.5 Å². The fourth-order valence-corrected chi connectivity index (χ4v) is 3.62. The van der Waals surface area contributed by atoms with Gasteiger partial charge in [-0.15, -0.1) is 11.3 Å². The van der Waals surface area contributed by atoms with Crippen LogP contribution >= 0.6 is 11.3 Å². The maximum atomic E-state index is 13.4. The van der Waals surface area contributed by atoms with Gasteiger partial charge < -0.3 is 25.2 Å². The number of carboxylic acid groups (broad SMARTS) is 1. The van der Waals surface area contributed by atoms with Gasteiger partial charge in [0.25, 0.3) is 5.91 Å². The number of nitrogens with zero attached hydrogens (tertiary/aromatic N) is 1. The highest BCUT2D eigenvalue weighted by Gasteiger charge is 2.65. The lowest BCUT2D eigenvalue weighted by Crippen LogP contribution is -2.52. The Morgan fingerprint density at radius 3 is 2.48 bits per heavy atom. The number of fused-ring (bicyclic) bond motifs is 1. The van der Waals surface area contributed by atoms with Gasteiger partial charge in [-0.2, -0.15) is 17.6 Å². The molecular formula is C20H13F4N3O5S. The van der Waals surface area contributed by atoms with Gasteiger partial charge in [-0.25, -0.2) is 9.78 Å². The fraction of sp³-hybridized carbons (Fsp3) is 0.150. The van der Waals surface area contributed by atoms with Crippen LogP contribution in [0.25, 0.3) is 0 Å². The van der Waals surface area contributed by atoms with E-state index in [1.807, 2.05) is 0 Å². The number of aromatic carboxylic acids is 1. The first-order chi connectivity index (χ1) is 15.6. The zero-order valence-corrected chi connectivity index (χ0v) is 17.1. The number of nitrogens with one attached hydrogen (secondary N) is 2. The average Bonchev–Trinajstić information content (AvgIpc) is 3.22. The average molecular weight is 483 g/mol. The third-order valence-electron chi connectivity index (χ3n) is 4.41. The van der Waals surface area contributed by atoms with Crippen LogP contribution in [0, 0.1) is 0 Å². The minimum Gasteiger partial charge on any atom is -0.477 e. The number of benzene rings is 1. The molecule has 2 aromatic heterocycles. The van der Waals surface area contributed by atoms with E-state index in [-0.39, 0.29) is 22.8 Å². The number of alkyl halides is 4. The Balaban J connectivity index is 1.46. The Kier molecular flexibility index (Phi) is 5.57. The summed E-state index contributed by atoms with van der Waals surface area (Å²) in [5, 5.41) is 16.1. The van der Waals surface area contributed by atoms with Crippen molar-refractivity contribution >= 4 is 34.6 Å². The summed E-state index contributed by atoms with van der Waals surface area (Å²) in [7, 11) is 0. The standard InChI is InChI=1S/C20H13F4N3O5S/c21-19(22)20(23,24)32-15-8-11(1-2-14(15)31-19)27-17(28)16-12(4-6-33-16)26-9-10-3-5-25-13(7-10)18(29)30/h1-8,26H,9H2,(H,27,28)(H,29,30). The number of carbonyl (C=O) groups is 2. The molecule has 1 aliphatic rings. The molecule has 0 spiro atoms. The molecule has 0 saturated carbocycles. The summed E-state index contributed by atoms with van der Waals surface area (Å²) >= 11 is 1.09. The monoisotopic (exact) mass is 483 g/mol. The third-order valence-corrected chi connectivity index (χ3v) is 5.33. The summed E-state index contributed by atoms with van der Waals surface area (Å²) in [5.74, 6) is -3.02. The summed E-state index contributed by atoms with van der Waals surface area (Å²) in [6.07, 6.45) is -8.35. The largest absolute Gasteiger partial charge is 0.507 e. The predicted octanol–water partition coefficient (Wildman–Crippen LogP) is 4.66. The van der Waals surface area contributed by atoms with Crippen molar-refractivity contribution in [3.63, 3.8) is 0 Å². The molecule has 33 heavy (non-hydrogen) atoms. The van der Waals surface area contributed by atoms with Crippen LogP contribution in [0.5, 0.6) is 11.5 Å². The minimum absolute atomic E-state index is 0.0166. The fourth-order valence-electron chi connectivity index (χ4n) is 2.86. The SMILES string of the molecule is O=C(O)c1cc(CNc2ccsc2C(=O)Nc2ccc3c(c2)OC(F)(F)C(F)(F)O3)ccn1. The number of thiophene rings is 1. The molecule has 8 nitrogen and oxygen atoms in total. The second kappa shape index (κ2) is 8.24. The van der Waals surface area contributed by atoms with Crippen LogP contribution in [0.4, 0.5) is 28.9 Å². The Bertz CT molecular complexity index is 1230. The molecule has 0 fully saturated rings. The Hall–Kier alpha value is -3.87. The number of hydrogen-bond donors (Lipinski definition) is 3. The van der Waals surface area contributed by atoms with Gasteiger partial charge >= 0.3 is 18.2 Å². The van der Waals surface area contributed by atoms with Crippen molar-refractivity contribution in [2.45, 2.75) is 18.8 Å². The van der Waals surface area contributed by atoms with Crippen molar-refractivity contribution in [3.8, 4) is 11.5 Å². The molecule has 0 bridgehead atoms. The van der Waals surface area contributed by atoms with E-state index in [4.69, 9.17) is 5.11 Å². The summed E-state index contributed by atoms with van der Waals surface area (Å²) < 4.78 is 61.4. The van der Waals surface area contributed by atoms with E-state index in [0.29, 0.717) is 11.3 Å². The lowest BCUT2D eigenvalue weighted by Gasteiger charge is -2.31. The number of hydrogen-bond acceptors (Lipinski definition) is 7. The van der Waals surface area contributed by atoms with E-state index in [9.17, 15) is 27.2 Å². The molecule has 4 rings (SSSR count). The Morgan fingerprint density at radius 2 is 1.76 bits per heavy atom. The second-order valence-corrected chi connectivity index (χ2v) is 7.64. The predicted molar refractivity (Wildman–Crippen MR) is 108 cm³/mol. The topological polar surface area (TPSA) is 110 Å². The quantitative estimate of drug-likeness (QED) is 0.438. The molecular weight excluding hydrogens is 470 g/mol. The number of pyridine rings is 1. The second-order valence-electron chi connectivity index (χ2n) is 6.72. The van der Waals surface area contributed by atoms with Gasteiger partial charge in [0.05, 0.1) is 5.69 Å². The van der Waals surface area contributed by atoms with Crippen molar-refractivity contribution < 1.29 is 41.7 Å². The smallest absolute Gasteiger partial charge is 0.477 e. The van der Waals surface area contributed by atoms with Crippen molar-refractivity contribution in [3.05, 3.63) is 64.1 Å². The number of carboxylic acids is 1. The zero-order valence-electron chi connectivity index (χ0n) is 16.3. The van der Waals surface area contributed by atoms with Crippen molar-refractivity contribution in [2.24, 2.45) is 0 Å². The highest BCUT2D eigenvalue weighted by molar-refractivity contribution is 7.12. The lowest BCUT2D eigenvalue weighted by atomic mass is 10.2. The number of amides is 1. The van der Waals surface area contributed by atoms with Crippen LogP contribution in [0.2, 0.25) is 0 Å². The van der Waals surface area contributed by atoms with Crippen molar-refractivity contribution in [2.75, 3.05) is 10.6 Å². The molecule has 1 aliphatic heterocycles. The summed E-state index contributed by atoms with van der Waals surface area (Å²) in [6, 6.07) is 7.75.